The van der Waals surface area contributed by atoms with Gasteiger partial charge in [-0.3, -0.25) is 10.1 Å². The monoisotopic (exact) mass is 273 g/mol. The quantitative estimate of drug-likeness (QED) is 0.357. The molecule has 18 heavy (non-hydrogen) atoms. The lowest BCUT2D eigenvalue weighted by molar-refractivity contribution is -0.384. The molecule has 7 heteroatoms. The Balaban J connectivity index is 2.67. The van der Waals surface area contributed by atoms with Crippen LogP contribution in [0.5, 0.6) is 0 Å². The Morgan fingerprint density at radius 1 is 1.44 bits per heavy atom. The van der Waals surface area contributed by atoms with Crippen molar-refractivity contribution in [3.05, 3.63) is 27.4 Å². The number of anilines is 1. The van der Waals surface area contributed by atoms with Crippen molar-refractivity contribution >= 4 is 23.1 Å². The van der Waals surface area contributed by atoms with Crippen LogP contribution in [0.3, 0.4) is 0 Å². The number of hydrogen-bond acceptors (Lipinski definition) is 5. The van der Waals surface area contributed by atoms with Crippen LogP contribution < -0.4 is 4.90 Å². The lowest BCUT2D eigenvalue weighted by atomic mass is 10.2. The number of aromatic nitrogens is 1. The van der Waals surface area contributed by atoms with E-state index in [0.29, 0.717) is 12.4 Å². The summed E-state index contributed by atoms with van der Waals surface area (Å²) >= 11 is 5.75. The minimum atomic E-state index is -0.489. The van der Waals surface area contributed by atoms with Gasteiger partial charge in [0, 0.05) is 20.2 Å². The molecule has 6 nitrogen and oxygen atoms in total. The van der Waals surface area contributed by atoms with Gasteiger partial charge in [0.25, 0.3) is 5.69 Å². The second kappa shape index (κ2) is 7.13. The predicted octanol–water partition coefficient (Wildman–Crippen LogP) is 2.24. The van der Waals surface area contributed by atoms with Gasteiger partial charge < -0.3 is 10.0 Å². The summed E-state index contributed by atoms with van der Waals surface area (Å²) in [5.41, 5.74) is -0.0628. The molecule has 0 amide bonds. The molecule has 1 rings (SSSR count). The van der Waals surface area contributed by atoms with Crippen LogP contribution in [0.1, 0.15) is 19.3 Å². The van der Waals surface area contributed by atoms with Gasteiger partial charge in [0.15, 0.2) is 0 Å². The zero-order valence-corrected chi connectivity index (χ0v) is 10.9. The number of unbranched alkanes of at least 4 members (excludes halogenated alkanes) is 2. The van der Waals surface area contributed by atoms with Crippen LogP contribution in [0, 0.1) is 10.1 Å². The van der Waals surface area contributed by atoms with Gasteiger partial charge in [-0.1, -0.05) is 11.6 Å². The molecule has 0 radical (unpaired) electrons. The molecule has 0 spiro atoms. The summed E-state index contributed by atoms with van der Waals surface area (Å²) in [6.45, 7) is 0.898. The molecule has 1 N–H and O–H groups in total. The summed E-state index contributed by atoms with van der Waals surface area (Å²) in [5.74, 6) is 0.484. The summed E-state index contributed by atoms with van der Waals surface area (Å²) < 4.78 is 0. The summed E-state index contributed by atoms with van der Waals surface area (Å²) in [6, 6.07) is 2.63. The minimum Gasteiger partial charge on any atom is -0.396 e. The Morgan fingerprint density at radius 2 is 2.17 bits per heavy atom. The summed E-state index contributed by atoms with van der Waals surface area (Å²) in [6.07, 6.45) is 2.56. The van der Waals surface area contributed by atoms with Gasteiger partial charge in [0.05, 0.1) is 17.1 Å². The van der Waals surface area contributed by atoms with Crippen LogP contribution in [-0.2, 0) is 0 Å². The van der Waals surface area contributed by atoms with E-state index in [2.05, 4.69) is 4.98 Å². The number of nitro groups is 1. The molecule has 0 aliphatic rings. The average molecular weight is 274 g/mol. The lowest BCUT2D eigenvalue weighted by Crippen LogP contribution is -2.20. The van der Waals surface area contributed by atoms with Crippen molar-refractivity contribution in [2.45, 2.75) is 19.3 Å². The van der Waals surface area contributed by atoms with E-state index < -0.39 is 4.92 Å². The van der Waals surface area contributed by atoms with Crippen LogP contribution in [0.25, 0.3) is 0 Å². The van der Waals surface area contributed by atoms with E-state index in [4.69, 9.17) is 16.7 Å². The third-order valence-electron chi connectivity index (χ3n) is 2.52. The van der Waals surface area contributed by atoms with Crippen molar-refractivity contribution in [2.75, 3.05) is 25.1 Å². The zero-order valence-electron chi connectivity index (χ0n) is 10.2. The highest BCUT2D eigenvalue weighted by Gasteiger charge is 2.12. The fourth-order valence-corrected chi connectivity index (χ4v) is 1.72. The van der Waals surface area contributed by atoms with Crippen LogP contribution >= 0.6 is 11.6 Å². The number of hydrogen-bond donors (Lipinski definition) is 1. The number of pyridine rings is 1. The van der Waals surface area contributed by atoms with E-state index in [1.807, 2.05) is 4.90 Å². The maximum Gasteiger partial charge on any atom is 0.276 e. The third-order valence-corrected chi connectivity index (χ3v) is 2.71. The van der Waals surface area contributed by atoms with E-state index in [0.717, 1.165) is 19.3 Å². The lowest BCUT2D eigenvalue weighted by Gasteiger charge is -2.17. The van der Waals surface area contributed by atoms with Crippen LogP contribution in [0.4, 0.5) is 11.5 Å². The van der Waals surface area contributed by atoms with E-state index in [9.17, 15) is 10.1 Å². The molecule has 0 saturated carbocycles. The Labute approximate surface area is 110 Å². The predicted molar refractivity (Wildman–Crippen MR) is 70.1 cm³/mol. The maximum atomic E-state index is 10.7. The second-order valence-corrected chi connectivity index (χ2v) is 4.36. The fraction of sp³-hybridized carbons (Fsp3) is 0.545. The SMILES string of the molecule is CN(CCCCCO)c1cc([N+](=O)[O-])cc(Cl)n1. The van der Waals surface area contributed by atoms with Crippen LogP contribution in [0.15, 0.2) is 12.1 Å². The van der Waals surface area contributed by atoms with Crippen molar-refractivity contribution in [1.82, 2.24) is 4.98 Å². The van der Waals surface area contributed by atoms with Crippen molar-refractivity contribution in [1.29, 1.82) is 0 Å². The van der Waals surface area contributed by atoms with Gasteiger partial charge in [-0.2, -0.15) is 0 Å². The number of aliphatic hydroxyl groups is 1. The topological polar surface area (TPSA) is 79.5 Å². The first-order valence-electron chi connectivity index (χ1n) is 5.68. The van der Waals surface area contributed by atoms with Gasteiger partial charge in [0.1, 0.15) is 11.0 Å². The third kappa shape index (κ3) is 4.46. The van der Waals surface area contributed by atoms with Crippen LogP contribution in [-0.4, -0.2) is 35.2 Å². The normalized spacial score (nSPS) is 10.4. The summed E-state index contributed by atoms with van der Waals surface area (Å²) in [5, 5.41) is 19.5. The van der Waals surface area contributed by atoms with Crippen LogP contribution in [0.2, 0.25) is 5.15 Å². The second-order valence-electron chi connectivity index (χ2n) is 3.97. The van der Waals surface area contributed by atoms with E-state index in [-0.39, 0.29) is 17.4 Å². The zero-order chi connectivity index (χ0) is 13.5. The molecule has 0 fully saturated rings. The highest BCUT2D eigenvalue weighted by Crippen LogP contribution is 2.22. The Hall–Kier alpha value is -1.40. The van der Waals surface area contributed by atoms with Gasteiger partial charge in [-0.15, -0.1) is 0 Å². The van der Waals surface area contributed by atoms with E-state index in [1.165, 1.54) is 12.1 Å². The van der Waals surface area contributed by atoms with E-state index >= 15 is 0 Å². The van der Waals surface area contributed by atoms with Gasteiger partial charge in [-0.25, -0.2) is 4.98 Å². The molecule has 100 valence electrons. The first-order chi connectivity index (χ1) is 8.54. The number of halogens is 1. The molecule has 0 bridgehead atoms. The molecule has 0 atom stereocenters. The molecular formula is C11H16ClN3O3. The summed E-state index contributed by atoms with van der Waals surface area (Å²) in [4.78, 5) is 16.1. The molecule has 0 aliphatic carbocycles. The van der Waals surface area contributed by atoms with Crippen molar-refractivity contribution in [3.63, 3.8) is 0 Å². The summed E-state index contributed by atoms with van der Waals surface area (Å²) in [7, 11) is 1.81. The van der Waals surface area contributed by atoms with Gasteiger partial charge in [-0.05, 0) is 19.3 Å². The number of aliphatic hydroxyl groups excluding tert-OH is 1. The molecule has 0 unspecified atom stereocenters. The van der Waals surface area contributed by atoms with Crippen molar-refractivity contribution in [3.8, 4) is 0 Å². The fourth-order valence-electron chi connectivity index (χ4n) is 1.52. The average Bonchev–Trinajstić information content (AvgIpc) is 2.33. The number of nitrogens with zero attached hydrogens (tertiary/aromatic N) is 3. The maximum absolute atomic E-state index is 10.7. The molecule has 0 saturated heterocycles. The highest BCUT2D eigenvalue weighted by atomic mass is 35.5. The standard InChI is InChI=1S/C11H16ClN3O3/c1-14(5-3-2-4-6-16)11-8-9(15(17)18)7-10(12)13-11/h7-8,16H,2-6H2,1H3. The van der Waals surface area contributed by atoms with Crippen molar-refractivity contribution < 1.29 is 10.0 Å². The molecule has 0 aliphatic heterocycles. The Morgan fingerprint density at radius 3 is 2.78 bits per heavy atom. The van der Waals surface area contributed by atoms with Gasteiger partial charge in [0.2, 0.25) is 0 Å². The molecule has 1 heterocycles. The Bertz CT molecular complexity index is 415. The first-order valence-corrected chi connectivity index (χ1v) is 6.06. The van der Waals surface area contributed by atoms with E-state index in [1.54, 1.807) is 7.05 Å². The molecule has 1 aromatic rings. The highest BCUT2D eigenvalue weighted by molar-refractivity contribution is 6.29. The largest absolute Gasteiger partial charge is 0.396 e. The molecular weight excluding hydrogens is 258 g/mol. The van der Waals surface area contributed by atoms with Gasteiger partial charge >= 0.3 is 0 Å². The smallest absolute Gasteiger partial charge is 0.276 e. The minimum absolute atomic E-state index is 0.0628. The van der Waals surface area contributed by atoms with Crippen molar-refractivity contribution in [2.24, 2.45) is 0 Å². The Kier molecular flexibility index (Phi) is 5.80. The number of rotatable bonds is 7. The molecule has 1 aromatic heterocycles. The first kappa shape index (κ1) is 14.7. The molecule has 0 aromatic carbocycles.